The number of methoxy groups -OCH3 is 3. The molecule has 0 fully saturated rings. The highest BCUT2D eigenvalue weighted by Crippen LogP contribution is 2.14. The Morgan fingerprint density at radius 1 is 1.50 bits per heavy atom. The van der Waals surface area contributed by atoms with Gasteiger partial charge in [-0.15, -0.1) is 0 Å². The number of thiocarbonyl (C=S) groups is 1. The van der Waals surface area contributed by atoms with Gasteiger partial charge in [-0.05, 0) is 12.2 Å². The second-order valence-corrected chi connectivity index (χ2v) is 3.80. The lowest BCUT2D eigenvalue weighted by Crippen LogP contribution is -2.47. The molecule has 0 aliphatic heterocycles. The van der Waals surface area contributed by atoms with Crippen molar-refractivity contribution in [1.29, 1.82) is 0 Å². The number of nitrogens with one attached hydrogen (secondary N) is 1. The first-order chi connectivity index (χ1) is 6.47. The number of nitrogens with two attached hydrogens (primary N) is 1. The van der Waals surface area contributed by atoms with Crippen LogP contribution in [-0.2, 0) is 14.2 Å². The maximum Gasteiger partial charge on any atom is 0.165 e. The molecule has 3 radical (unpaired) electrons. The Hall–Kier alpha value is -0.213. The fraction of sp³-hybridized carbons (Fsp3) is 0.857. The van der Waals surface area contributed by atoms with Crippen molar-refractivity contribution >= 4 is 27.6 Å². The molecule has 0 spiro atoms. The smallest absolute Gasteiger partial charge is 0.165 e. The van der Waals surface area contributed by atoms with E-state index < -0.39 is 5.41 Å². The Bertz CT molecular complexity index is 190. The topological polar surface area (TPSA) is 65.7 Å². The van der Waals surface area contributed by atoms with E-state index in [1.165, 1.54) is 21.3 Å². The lowest BCUT2D eigenvalue weighted by molar-refractivity contribution is -0.164. The van der Waals surface area contributed by atoms with Gasteiger partial charge in [0.1, 0.15) is 21.9 Å². The third-order valence-corrected chi connectivity index (χ3v) is 2.43. The summed E-state index contributed by atoms with van der Waals surface area (Å²) in [4.78, 5) is 0. The molecule has 0 aromatic rings. The summed E-state index contributed by atoms with van der Waals surface area (Å²) < 4.78 is 15.3. The van der Waals surface area contributed by atoms with Gasteiger partial charge in [-0.3, -0.25) is 0 Å². The quantitative estimate of drug-likeness (QED) is 0.360. The minimum absolute atomic E-state index is 0.165. The van der Waals surface area contributed by atoms with E-state index in [1.54, 1.807) is 0 Å². The van der Waals surface area contributed by atoms with Crippen LogP contribution < -0.4 is 11.1 Å². The highest BCUT2D eigenvalue weighted by molar-refractivity contribution is 7.80. The van der Waals surface area contributed by atoms with Crippen molar-refractivity contribution in [2.24, 2.45) is 5.73 Å². The van der Waals surface area contributed by atoms with Gasteiger partial charge in [-0.2, -0.15) is 0 Å². The Balaban J connectivity index is 4.21. The van der Waals surface area contributed by atoms with Crippen molar-refractivity contribution < 1.29 is 14.2 Å². The third kappa shape index (κ3) is 4.87. The van der Waals surface area contributed by atoms with E-state index in [1.807, 2.05) is 0 Å². The summed E-state index contributed by atoms with van der Waals surface area (Å²) in [6, 6.07) is 0. The Morgan fingerprint density at radius 3 is 2.29 bits per heavy atom. The molecule has 0 rings (SSSR count). The maximum atomic E-state index is 5.31. The highest BCUT2D eigenvalue weighted by Gasteiger charge is 2.27. The molecule has 0 saturated heterocycles. The molecule has 0 bridgehead atoms. The summed E-state index contributed by atoms with van der Waals surface area (Å²) in [6.07, 6.45) is 0.0231. The molecule has 1 atom stereocenters. The van der Waals surface area contributed by atoms with Gasteiger partial charge in [0.15, 0.2) is 5.11 Å². The van der Waals surface area contributed by atoms with E-state index in [9.17, 15) is 0 Å². The monoisotopic (exact) mass is 235 g/mol. The minimum atomic E-state index is -0.904. The lowest BCUT2D eigenvalue weighted by Gasteiger charge is -2.30. The van der Waals surface area contributed by atoms with Gasteiger partial charge in [0.2, 0.25) is 0 Å². The molecule has 0 amide bonds. The normalized spacial score (nSPS) is 13.7. The fourth-order valence-corrected chi connectivity index (χ4v) is 1.16. The van der Waals surface area contributed by atoms with Crippen LogP contribution in [0.4, 0.5) is 0 Å². The second kappa shape index (κ2) is 6.30. The average Bonchev–Trinajstić information content (AvgIpc) is 2.16. The lowest BCUT2D eigenvalue weighted by atomic mass is 10.3. The Kier molecular flexibility index (Phi) is 6.21. The summed E-state index contributed by atoms with van der Waals surface area (Å²) in [7, 11) is 7.89. The first-order valence-corrected chi connectivity index (χ1v) is 4.82. The van der Waals surface area contributed by atoms with Crippen molar-refractivity contribution in [3.05, 3.63) is 0 Å². The van der Waals surface area contributed by atoms with Gasteiger partial charge >= 0.3 is 0 Å². The van der Waals surface area contributed by atoms with Crippen molar-refractivity contribution in [2.45, 2.75) is 18.1 Å². The van der Waals surface area contributed by atoms with Gasteiger partial charge in [0.05, 0.1) is 0 Å². The molecule has 0 aromatic carbocycles. The van der Waals surface area contributed by atoms with Gasteiger partial charge in [-0.25, -0.2) is 0 Å². The summed E-state index contributed by atoms with van der Waals surface area (Å²) >= 11 is 4.69. The van der Waals surface area contributed by atoms with E-state index in [0.717, 1.165) is 0 Å². The largest absolute Gasteiger partial charge is 0.376 e. The number of hydrogen-bond acceptors (Lipinski definition) is 4. The first kappa shape index (κ1) is 13.8. The molecular formula is C7H15N2O3SSi. The summed E-state index contributed by atoms with van der Waals surface area (Å²) in [5, 5.41) is 2.91. The molecule has 0 saturated carbocycles. The molecule has 0 aromatic heterocycles. The van der Waals surface area contributed by atoms with Crippen LogP contribution in [0.5, 0.6) is 0 Å². The SMILES string of the molecule is COC(CC([Si])(OC)OC)NC(N)=S. The number of rotatable bonds is 6. The second-order valence-electron chi connectivity index (χ2n) is 2.60. The fourth-order valence-electron chi connectivity index (χ4n) is 0.846. The zero-order valence-corrected chi connectivity index (χ0v) is 10.3. The van der Waals surface area contributed by atoms with Gasteiger partial charge in [0.25, 0.3) is 0 Å². The van der Waals surface area contributed by atoms with E-state index in [0.29, 0.717) is 6.42 Å². The zero-order chi connectivity index (χ0) is 11.2. The summed E-state index contributed by atoms with van der Waals surface area (Å²) in [5.74, 6) is 0. The predicted molar refractivity (Wildman–Crippen MR) is 57.8 cm³/mol. The van der Waals surface area contributed by atoms with Crippen LogP contribution in [0.25, 0.3) is 0 Å². The van der Waals surface area contributed by atoms with Crippen LogP contribution in [0.1, 0.15) is 6.42 Å². The molecule has 5 nitrogen and oxygen atoms in total. The Morgan fingerprint density at radius 2 is 2.00 bits per heavy atom. The highest BCUT2D eigenvalue weighted by atomic mass is 32.1. The van der Waals surface area contributed by atoms with Crippen molar-refractivity contribution in [2.75, 3.05) is 21.3 Å². The van der Waals surface area contributed by atoms with Crippen molar-refractivity contribution in [3.8, 4) is 0 Å². The van der Waals surface area contributed by atoms with E-state index >= 15 is 0 Å². The standard InChI is InChI=1S/C7H15N2O3SSi/c1-10-5(9-6(8)13)4-7(14,11-2)12-3/h5H,4H2,1-3H3,(H3,8,9,13). The zero-order valence-electron chi connectivity index (χ0n) is 8.49. The van der Waals surface area contributed by atoms with Crippen molar-refractivity contribution in [3.63, 3.8) is 0 Å². The van der Waals surface area contributed by atoms with Crippen LogP contribution >= 0.6 is 12.2 Å². The van der Waals surface area contributed by atoms with Crippen LogP contribution in [0, 0.1) is 0 Å². The van der Waals surface area contributed by atoms with Gasteiger partial charge < -0.3 is 25.3 Å². The average molecular weight is 235 g/mol. The van der Waals surface area contributed by atoms with Crippen molar-refractivity contribution in [1.82, 2.24) is 5.32 Å². The first-order valence-electron chi connectivity index (χ1n) is 3.91. The Labute approximate surface area is 92.7 Å². The van der Waals surface area contributed by atoms with E-state index in [4.69, 9.17) is 19.9 Å². The molecule has 14 heavy (non-hydrogen) atoms. The molecule has 0 aliphatic rings. The van der Waals surface area contributed by atoms with Crippen LogP contribution in [0.15, 0.2) is 0 Å². The number of ether oxygens (including phenoxy) is 3. The van der Waals surface area contributed by atoms with E-state index in [2.05, 4.69) is 27.8 Å². The van der Waals surface area contributed by atoms with Crippen LogP contribution in [0.3, 0.4) is 0 Å². The van der Waals surface area contributed by atoms with Crippen LogP contribution in [0.2, 0.25) is 0 Å². The molecule has 0 aliphatic carbocycles. The molecular weight excluding hydrogens is 220 g/mol. The third-order valence-electron chi connectivity index (χ3n) is 1.70. The molecule has 7 heteroatoms. The molecule has 1 unspecified atom stereocenters. The predicted octanol–water partition coefficient (Wildman–Crippen LogP) is -0.703. The molecule has 3 N–H and O–H groups in total. The summed E-state index contributed by atoms with van der Waals surface area (Å²) in [6.45, 7) is 0. The van der Waals surface area contributed by atoms with Gasteiger partial charge in [0, 0.05) is 27.8 Å². The molecule has 0 heterocycles. The van der Waals surface area contributed by atoms with Crippen LogP contribution in [-0.4, -0.2) is 48.3 Å². The maximum absolute atomic E-state index is 5.31. The minimum Gasteiger partial charge on any atom is -0.376 e. The number of hydrogen-bond donors (Lipinski definition) is 2. The van der Waals surface area contributed by atoms with E-state index in [-0.39, 0.29) is 11.3 Å². The van der Waals surface area contributed by atoms with Gasteiger partial charge in [-0.1, -0.05) is 0 Å². The molecule has 81 valence electrons. The summed E-state index contributed by atoms with van der Waals surface area (Å²) in [5.41, 5.74) is 4.41.